The summed E-state index contributed by atoms with van der Waals surface area (Å²) in [6.07, 6.45) is 10.2. The molecule has 0 saturated heterocycles. The Hall–Kier alpha value is -1.54. The molecule has 0 radical (unpaired) electrons. The number of rotatable bonds is 3. The van der Waals surface area contributed by atoms with Crippen molar-refractivity contribution in [1.29, 1.82) is 0 Å². The van der Waals surface area contributed by atoms with Gasteiger partial charge in [-0.3, -0.25) is 0 Å². The quantitative estimate of drug-likeness (QED) is 0.827. The molecule has 2 heteroatoms. The van der Waals surface area contributed by atoms with Crippen molar-refractivity contribution in [3.8, 4) is 0 Å². The summed E-state index contributed by atoms with van der Waals surface area (Å²) < 4.78 is 0. The van der Waals surface area contributed by atoms with Gasteiger partial charge in [0.15, 0.2) is 0 Å². The molecule has 2 nitrogen and oxygen atoms in total. The van der Waals surface area contributed by atoms with Crippen molar-refractivity contribution < 1.29 is 5.11 Å². The minimum atomic E-state index is 0.429. The largest absolute Gasteiger partial charge is 0.400 e. The Labute approximate surface area is 111 Å². The zero-order valence-electron chi connectivity index (χ0n) is 12.0. The monoisotopic (exact) mass is 247 g/mol. The molecular weight excluding hydrogens is 222 g/mol. The van der Waals surface area contributed by atoms with Crippen LogP contribution in [0.2, 0.25) is 0 Å². The summed E-state index contributed by atoms with van der Waals surface area (Å²) in [5.74, 6) is 0.429. The first-order chi connectivity index (χ1) is 8.65. The fourth-order valence-electron chi connectivity index (χ4n) is 2.11. The van der Waals surface area contributed by atoms with E-state index in [1.165, 1.54) is 16.8 Å². The molecule has 1 atom stereocenters. The summed E-state index contributed by atoms with van der Waals surface area (Å²) in [4.78, 5) is 2.22. The zero-order valence-corrected chi connectivity index (χ0v) is 12.0. The first-order valence-electron chi connectivity index (χ1n) is 6.12. The van der Waals surface area contributed by atoms with Crippen LogP contribution < -0.4 is 0 Å². The zero-order chi connectivity index (χ0) is 14.1. The smallest absolute Gasteiger partial charge is 0.0398 e. The maximum absolute atomic E-state index is 7.00. The molecule has 0 aliphatic carbocycles. The van der Waals surface area contributed by atoms with E-state index >= 15 is 0 Å². The van der Waals surface area contributed by atoms with Gasteiger partial charge in [0.2, 0.25) is 0 Å². The molecule has 1 N–H and O–H groups in total. The summed E-state index contributed by atoms with van der Waals surface area (Å²) >= 11 is 0. The Bertz CT molecular complexity index is 375. The molecule has 18 heavy (non-hydrogen) atoms. The van der Waals surface area contributed by atoms with Crippen molar-refractivity contribution in [2.24, 2.45) is 5.92 Å². The van der Waals surface area contributed by atoms with Gasteiger partial charge in [-0.1, -0.05) is 44.4 Å². The topological polar surface area (TPSA) is 23.5 Å². The Kier molecular flexibility index (Phi) is 7.81. The van der Waals surface area contributed by atoms with Gasteiger partial charge in [-0.25, -0.2) is 0 Å². The van der Waals surface area contributed by atoms with Crippen molar-refractivity contribution in [2.45, 2.75) is 13.8 Å². The van der Waals surface area contributed by atoms with Gasteiger partial charge in [-0.05, 0) is 24.1 Å². The van der Waals surface area contributed by atoms with Gasteiger partial charge < -0.3 is 10.0 Å². The standard InChI is InChI=1S/C15H21N.CH4O/c1-6-9-10-13-11-16(5)15(8-3)14(7-2)12(13)4;1-2/h6-10,12H,2-3,11H2,1,4-5H3;2H,1H3/b9-6-,13-10+;. The Morgan fingerprint density at radius 2 is 1.89 bits per heavy atom. The lowest BCUT2D eigenvalue weighted by Gasteiger charge is -2.34. The van der Waals surface area contributed by atoms with Crippen molar-refractivity contribution in [1.82, 2.24) is 4.90 Å². The van der Waals surface area contributed by atoms with Gasteiger partial charge >= 0.3 is 0 Å². The number of aliphatic hydroxyl groups is 1. The molecular formula is C16H25NO. The molecule has 1 aliphatic heterocycles. The molecule has 1 heterocycles. The number of hydrogen-bond donors (Lipinski definition) is 1. The predicted octanol–water partition coefficient (Wildman–Crippen LogP) is 3.31. The third-order valence-electron chi connectivity index (χ3n) is 3.07. The van der Waals surface area contributed by atoms with Crippen LogP contribution in [0.1, 0.15) is 13.8 Å². The molecule has 0 aromatic heterocycles. The van der Waals surface area contributed by atoms with Crippen LogP contribution in [0.25, 0.3) is 0 Å². The molecule has 0 spiro atoms. The Balaban J connectivity index is 0.00000137. The fourth-order valence-corrected chi connectivity index (χ4v) is 2.11. The second-order valence-corrected chi connectivity index (χ2v) is 4.09. The molecule has 1 unspecified atom stereocenters. The third-order valence-corrected chi connectivity index (χ3v) is 3.07. The van der Waals surface area contributed by atoms with Crippen molar-refractivity contribution in [3.05, 3.63) is 60.4 Å². The number of aliphatic hydroxyl groups excluding tert-OH is 1. The lowest BCUT2D eigenvalue weighted by Crippen LogP contribution is -2.29. The lowest BCUT2D eigenvalue weighted by molar-refractivity contribution is 0.399. The van der Waals surface area contributed by atoms with Crippen molar-refractivity contribution in [3.63, 3.8) is 0 Å². The summed E-state index contributed by atoms with van der Waals surface area (Å²) in [5.41, 5.74) is 3.88. The molecule has 1 aliphatic rings. The van der Waals surface area contributed by atoms with Crippen LogP contribution in [0.4, 0.5) is 0 Å². The number of hydrogen-bond acceptors (Lipinski definition) is 2. The van der Waals surface area contributed by atoms with Crippen molar-refractivity contribution in [2.75, 3.05) is 20.7 Å². The first kappa shape index (κ1) is 16.5. The summed E-state index contributed by atoms with van der Waals surface area (Å²) in [6.45, 7) is 13.0. The molecule has 0 fully saturated rings. The van der Waals surface area contributed by atoms with E-state index in [0.29, 0.717) is 5.92 Å². The Morgan fingerprint density at radius 1 is 1.28 bits per heavy atom. The third kappa shape index (κ3) is 3.74. The minimum absolute atomic E-state index is 0.429. The highest BCUT2D eigenvalue weighted by molar-refractivity contribution is 5.41. The number of nitrogens with zero attached hydrogens (tertiary/aromatic N) is 1. The molecule has 100 valence electrons. The molecule has 0 amide bonds. The molecule has 1 rings (SSSR count). The van der Waals surface area contributed by atoms with E-state index in [4.69, 9.17) is 5.11 Å². The van der Waals surface area contributed by atoms with Crippen LogP contribution in [0.15, 0.2) is 60.4 Å². The number of allylic oxidation sites excluding steroid dienone is 6. The van der Waals surface area contributed by atoms with Gasteiger partial charge in [0.1, 0.15) is 0 Å². The van der Waals surface area contributed by atoms with E-state index in [2.05, 4.69) is 50.3 Å². The van der Waals surface area contributed by atoms with E-state index in [9.17, 15) is 0 Å². The van der Waals surface area contributed by atoms with Gasteiger partial charge in [0.05, 0.1) is 0 Å². The van der Waals surface area contributed by atoms with E-state index in [1.54, 1.807) is 0 Å². The van der Waals surface area contributed by atoms with Crippen molar-refractivity contribution >= 4 is 0 Å². The van der Waals surface area contributed by atoms with Crippen LogP contribution in [-0.4, -0.2) is 30.7 Å². The molecule has 0 aromatic rings. The molecule has 0 bridgehead atoms. The summed E-state index contributed by atoms with van der Waals surface area (Å²) in [7, 11) is 3.09. The molecule has 0 saturated carbocycles. The highest BCUT2D eigenvalue weighted by Crippen LogP contribution is 2.31. The molecule has 0 aromatic carbocycles. The predicted molar refractivity (Wildman–Crippen MR) is 80.3 cm³/mol. The first-order valence-corrected chi connectivity index (χ1v) is 6.12. The van der Waals surface area contributed by atoms with Crippen LogP contribution in [0.3, 0.4) is 0 Å². The van der Waals surface area contributed by atoms with Gasteiger partial charge in [-0.2, -0.15) is 0 Å². The average Bonchev–Trinajstić information content (AvgIpc) is 2.41. The van der Waals surface area contributed by atoms with E-state index < -0.39 is 0 Å². The average molecular weight is 247 g/mol. The van der Waals surface area contributed by atoms with Gasteiger partial charge in [0.25, 0.3) is 0 Å². The number of likely N-dealkylation sites (N-methyl/N-ethyl adjacent to an activating group) is 1. The van der Waals surface area contributed by atoms with E-state index in [0.717, 1.165) is 13.7 Å². The van der Waals surface area contributed by atoms with Gasteiger partial charge in [-0.15, -0.1) is 0 Å². The highest BCUT2D eigenvalue weighted by Gasteiger charge is 2.22. The second-order valence-electron chi connectivity index (χ2n) is 4.09. The van der Waals surface area contributed by atoms with Gasteiger partial charge in [0, 0.05) is 32.3 Å². The summed E-state index contributed by atoms with van der Waals surface area (Å²) in [6, 6.07) is 0. The van der Waals surface area contributed by atoms with Crippen LogP contribution in [0.5, 0.6) is 0 Å². The second kappa shape index (κ2) is 8.54. The highest BCUT2D eigenvalue weighted by atomic mass is 16.2. The lowest BCUT2D eigenvalue weighted by atomic mass is 9.86. The van der Waals surface area contributed by atoms with Crippen LogP contribution in [0, 0.1) is 5.92 Å². The van der Waals surface area contributed by atoms with E-state index in [1.807, 2.05) is 19.1 Å². The normalized spacial score (nSPS) is 21.9. The maximum Gasteiger partial charge on any atom is 0.0398 e. The SMILES string of the molecule is C=CC1=C(C=C)N(C)C/C(=C\C=C/C)C1C.CO. The van der Waals surface area contributed by atoms with Crippen LogP contribution >= 0.6 is 0 Å². The van der Waals surface area contributed by atoms with Crippen LogP contribution in [-0.2, 0) is 0 Å². The van der Waals surface area contributed by atoms with E-state index in [-0.39, 0.29) is 0 Å². The summed E-state index contributed by atoms with van der Waals surface area (Å²) in [5, 5.41) is 7.00. The minimum Gasteiger partial charge on any atom is -0.400 e. The maximum atomic E-state index is 7.00. The fraction of sp³-hybridized carbons (Fsp3) is 0.375. The Morgan fingerprint density at radius 3 is 2.33 bits per heavy atom.